The molecular weight excluding hydrogens is 576 g/mol. The van der Waals surface area contributed by atoms with Crippen molar-refractivity contribution in [3.8, 4) is 11.5 Å². The van der Waals surface area contributed by atoms with Gasteiger partial charge in [-0.25, -0.2) is 0 Å². The van der Waals surface area contributed by atoms with Gasteiger partial charge in [0.1, 0.15) is 5.82 Å². The number of hydrogen-bond donors (Lipinski definition) is 1. The quantitative estimate of drug-likeness (QED) is 0.0979. The van der Waals surface area contributed by atoms with Crippen LogP contribution in [0.2, 0.25) is 0 Å². The van der Waals surface area contributed by atoms with Crippen molar-refractivity contribution in [2.45, 2.75) is 11.8 Å². The zero-order chi connectivity index (χ0) is 30.0. The van der Waals surface area contributed by atoms with E-state index in [4.69, 9.17) is 28.9 Å². The van der Waals surface area contributed by atoms with Gasteiger partial charge in [0.2, 0.25) is 5.95 Å². The largest absolute Gasteiger partial charge is 0.490 e. The molecule has 3 heterocycles. The molecule has 2 aliphatic heterocycles. The highest BCUT2D eigenvalue weighted by atomic mass is 32.2. The smallest absolute Gasteiger partial charge is 0.229 e. The van der Waals surface area contributed by atoms with Crippen LogP contribution in [0.4, 0.5) is 17.6 Å². The van der Waals surface area contributed by atoms with Crippen molar-refractivity contribution in [3.63, 3.8) is 0 Å². The summed E-state index contributed by atoms with van der Waals surface area (Å²) in [6.07, 6.45) is 1.76. The minimum absolute atomic E-state index is 0.537. The van der Waals surface area contributed by atoms with Gasteiger partial charge in [-0.2, -0.15) is 15.1 Å². The number of thioether (sulfide) groups is 1. The molecule has 2 aliphatic rings. The SMILES string of the molecule is CCOc1cc(C=NNc2cc(N3CCOCC3)nc(N3CCOCC3)n2)ccc1OCCSc1cccc2ccccc12. The molecule has 0 radical (unpaired) electrons. The van der Waals surface area contributed by atoms with E-state index in [1.165, 1.54) is 15.7 Å². The van der Waals surface area contributed by atoms with Gasteiger partial charge in [-0.05, 0) is 47.5 Å². The summed E-state index contributed by atoms with van der Waals surface area (Å²) in [6.45, 7) is 8.85. The molecule has 0 saturated carbocycles. The first-order valence-corrected chi connectivity index (χ1v) is 16.1. The van der Waals surface area contributed by atoms with E-state index in [0.717, 1.165) is 49.1 Å². The second kappa shape index (κ2) is 15.1. The third-order valence-corrected chi connectivity index (χ3v) is 8.38. The highest BCUT2D eigenvalue weighted by Crippen LogP contribution is 2.30. The molecule has 6 rings (SSSR count). The monoisotopic (exact) mass is 614 g/mol. The molecule has 0 unspecified atom stereocenters. The topological polar surface area (TPSA) is 93.6 Å². The lowest BCUT2D eigenvalue weighted by atomic mass is 10.1. The molecule has 3 aromatic carbocycles. The number of benzene rings is 3. The third-order valence-electron chi connectivity index (χ3n) is 7.34. The van der Waals surface area contributed by atoms with Crippen LogP contribution in [0.15, 0.2) is 76.7 Å². The number of anilines is 3. The Labute approximate surface area is 262 Å². The van der Waals surface area contributed by atoms with Crippen molar-refractivity contribution < 1.29 is 18.9 Å². The Balaban J connectivity index is 1.10. The maximum atomic E-state index is 6.14. The van der Waals surface area contributed by atoms with Gasteiger partial charge >= 0.3 is 0 Å². The molecule has 230 valence electrons. The molecule has 0 atom stereocenters. The van der Waals surface area contributed by atoms with E-state index in [0.29, 0.717) is 57.2 Å². The zero-order valence-corrected chi connectivity index (χ0v) is 25.8. The van der Waals surface area contributed by atoms with Gasteiger partial charge in [0, 0.05) is 42.9 Å². The van der Waals surface area contributed by atoms with Crippen molar-refractivity contribution in [1.29, 1.82) is 0 Å². The van der Waals surface area contributed by atoms with E-state index in [1.54, 1.807) is 18.0 Å². The summed E-state index contributed by atoms with van der Waals surface area (Å²) >= 11 is 1.80. The summed E-state index contributed by atoms with van der Waals surface area (Å²) in [4.78, 5) is 15.2. The number of hydrogen-bond acceptors (Lipinski definition) is 11. The molecule has 11 heteroatoms. The highest BCUT2D eigenvalue weighted by molar-refractivity contribution is 7.99. The Morgan fingerprint density at radius 3 is 2.45 bits per heavy atom. The maximum Gasteiger partial charge on any atom is 0.229 e. The number of aromatic nitrogens is 2. The molecule has 1 aromatic heterocycles. The lowest BCUT2D eigenvalue weighted by molar-refractivity contribution is 0.121. The van der Waals surface area contributed by atoms with Gasteiger partial charge in [0.05, 0.1) is 45.9 Å². The summed E-state index contributed by atoms with van der Waals surface area (Å²) in [5.74, 6) is 4.40. The van der Waals surface area contributed by atoms with Crippen molar-refractivity contribution in [2.75, 3.05) is 86.8 Å². The lowest BCUT2D eigenvalue weighted by Crippen LogP contribution is -2.39. The fourth-order valence-corrected chi connectivity index (χ4v) is 6.03. The van der Waals surface area contributed by atoms with E-state index in [1.807, 2.05) is 31.2 Å². The Morgan fingerprint density at radius 1 is 0.864 bits per heavy atom. The van der Waals surface area contributed by atoms with E-state index in [2.05, 4.69) is 62.8 Å². The number of nitrogens with zero attached hydrogens (tertiary/aromatic N) is 5. The minimum Gasteiger partial charge on any atom is -0.490 e. The second-order valence-electron chi connectivity index (χ2n) is 10.3. The number of ether oxygens (including phenoxy) is 4. The first-order chi connectivity index (χ1) is 21.8. The van der Waals surface area contributed by atoms with Gasteiger partial charge in [-0.3, -0.25) is 5.43 Å². The normalized spacial score (nSPS) is 15.6. The fraction of sp³-hybridized carbons (Fsp3) is 0.364. The van der Waals surface area contributed by atoms with E-state index in [-0.39, 0.29) is 0 Å². The Kier molecular flexibility index (Phi) is 10.3. The van der Waals surface area contributed by atoms with Crippen LogP contribution >= 0.6 is 11.8 Å². The van der Waals surface area contributed by atoms with Gasteiger partial charge in [0.25, 0.3) is 0 Å². The summed E-state index contributed by atoms with van der Waals surface area (Å²) in [7, 11) is 0. The Hall–Kier alpha value is -4.06. The molecule has 0 aliphatic carbocycles. The molecule has 2 saturated heterocycles. The molecule has 0 bridgehead atoms. The predicted octanol–water partition coefficient (Wildman–Crippen LogP) is 5.32. The third kappa shape index (κ3) is 7.71. The number of nitrogens with one attached hydrogen (secondary N) is 1. The molecule has 1 N–H and O–H groups in total. The van der Waals surface area contributed by atoms with Crippen molar-refractivity contribution in [2.24, 2.45) is 5.10 Å². The van der Waals surface area contributed by atoms with Crippen LogP contribution in [0.25, 0.3) is 10.8 Å². The van der Waals surface area contributed by atoms with Gasteiger partial charge in [0.15, 0.2) is 17.3 Å². The standard InChI is InChI=1S/C33H38N6O4S/c1-2-42-29-22-25(10-11-28(29)43-20-21-44-30-9-5-7-26-6-3-4-8-27(26)30)24-34-37-31-23-32(38-12-16-40-17-13-38)36-33(35-31)39-14-18-41-19-15-39/h3-11,22-24H,2,12-21H2,1H3,(H,35,36,37). The summed E-state index contributed by atoms with van der Waals surface area (Å²) in [5, 5.41) is 7.01. The van der Waals surface area contributed by atoms with Crippen LogP contribution in [0.5, 0.6) is 11.5 Å². The second-order valence-corrected chi connectivity index (χ2v) is 11.4. The summed E-state index contributed by atoms with van der Waals surface area (Å²) in [5.41, 5.74) is 4.00. The molecule has 44 heavy (non-hydrogen) atoms. The summed E-state index contributed by atoms with van der Waals surface area (Å²) < 4.78 is 23.1. The van der Waals surface area contributed by atoms with Gasteiger partial charge < -0.3 is 28.7 Å². The molecule has 0 spiro atoms. The fourth-order valence-electron chi connectivity index (χ4n) is 5.13. The van der Waals surface area contributed by atoms with Crippen LogP contribution < -0.4 is 24.7 Å². The summed E-state index contributed by atoms with van der Waals surface area (Å²) in [6, 6.07) is 22.7. The molecule has 0 amide bonds. The van der Waals surface area contributed by atoms with Crippen molar-refractivity contribution in [1.82, 2.24) is 9.97 Å². The molecule has 4 aromatic rings. The number of morpholine rings is 2. The highest BCUT2D eigenvalue weighted by Gasteiger charge is 2.19. The van der Waals surface area contributed by atoms with E-state index in [9.17, 15) is 0 Å². The van der Waals surface area contributed by atoms with Crippen LogP contribution in [0.1, 0.15) is 12.5 Å². The molecule has 10 nitrogen and oxygen atoms in total. The first kappa shape index (κ1) is 30.0. The Bertz CT molecular complexity index is 1520. The molecule has 2 fully saturated rings. The minimum atomic E-state index is 0.537. The lowest BCUT2D eigenvalue weighted by Gasteiger charge is -2.31. The van der Waals surface area contributed by atoms with Crippen LogP contribution in [-0.2, 0) is 9.47 Å². The van der Waals surface area contributed by atoms with Crippen LogP contribution in [0, 0.1) is 0 Å². The van der Waals surface area contributed by atoms with E-state index >= 15 is 0 Å². The average molecular weight is 615 g/mol. The van der Waals surface area contributed by atoms with Crippen LogP contribution in [0.3, 0.4) is 0 Å². The number of hydrazone groups is 1. The van der Waals surface area contributed by atoms with E-state index < -0.39 is 0 Å². The van der Waals surface area contributed by atoms with Crippen molar-refractivity contribution in [3.05, 3.63) is 72.3 Å². The zero-order valence-electron chi connectivity index (χ0n) is 25.0. The first-order valence-electron chi connectivity index (χ1n) is 15.1. The van der Waals surface area contributed by atoms with Gasteiger partial charge in [-0.1, -0.05) is 36.4 Å². The number of rotatable bonds is 12. The Morgan fingerprint density at radius 2 is 1.64 bits per heavy atom. The average Bonchev–Trinajstić information content (AvgIpc) is 3.08. The maximum absolute atomic E-state index is 6.14. The predicted molar refractivity (Wildman–Crippen MR) is 177 cm³/mol. The van der Waals surface area contributed by atoms with Gasteiger partial charge in [-0.15, -0.1) is 11.8 Å². The van der Waals surface area contributed by atoms with Crippen molar-refractivity contribution >= 4 is 46.3 Å². The molecular formula is C33H38N6O4S. The number of fused-ring (bicyclic) bond motifs is 1. The van der Waals surface area contributed by atoms with Crippen LogP contribution in [-0.4, -0.2) is 87.8 Å².